The molecule has 30 heavy (non-hydrogen) atoms. The minimum absolute atomic E-state index is 0.0104. The summed E-state index contributed by atoms with van der Waals surface area (Å²) in [6, 6.07) is 0. The molecule has 5 heteroatoms. The number of carbonyl (C=O) groups is 3. The van der Waals surface area contributed by atoms with E-state index in [0.29, 0.717) is 6.42 Å². The fraction of sp³-hybridized carbons (Fsp3) is 0.400. The molecule has 0 rings (SSSR count). The second-order valence-corrected chi connectivity index (χ2v) is 6.36. The Morgan fingerprint density at radius 2 is 1.00 bits per heavy atom. The summed E-state index contributed by atoms with van der Waals surface area (Å²) < 4.78 is 4.50. The number of carboxylic acids is 1. The van der Waals surface area contributed by atoms with Crippen LogP contribution in [0.15, 0.2) is 72.9 Å². The molecule has 0 radical (unpaired) electrons. The first-order valence-electron chi connectivity index (χ1n) is 10.4. The molecule has 0 amide bonds. The molecule has 0 atom stereocenters. The minimum Gasteiger partial charge on any atom is -0.481 e. The molecule has 0 fully saturated rings. The van der Waals surface area contributed by atoms with Crippen molar-refractivity contribution in [2.24, 2.45) is 0 Å². The molecule has 0 saturated carbocycles. The second-order valence-electron chi connectivity index (χ2n) is 6.36. The monoisotopic (exact) mass is 414 g/mol. The maximum atomic E-state index is 11.4. The summed E-state index contributed by atoms with van der Waals surface area (Å²) in [6.45, 7) is 2.13. The van der Waals surface area contributed by atoms with Gasteiger partial charge in [0.25, 0.3) is 0 Å². The van der Waals surface area contributed by atoms with Crippen molar-refractivity contribution >= 4 is 17.9 Å². The quantitative estimate of drug-likeness (QED) is 0.190. The number of hydrogen-bond donors (Lipinski definition) is 1. The highest BCUT2D eigenvalue weighted by atomic mass is 16.6. The Morgan fingerprint density at radius 1 is 0.600 bits per heavy atom. The Morgan fingerprint density at radius 3 is 1.40 bits per heavy atom. The minimum atomic E-state index is -1.10. The van der Waals surface area contributed by atoms with Crippen molar-refractivity contribution in [1.82, 2.24) is 0 Å². The number of rotatable bonds is 16. The largest absolute Gasteiger partial charge is 0.481 e. The standard InChI is InChI=1S/C25H34O5/c1-2-3-4-5-6-7-8-9-10-11-12-13-14-15-16-17-18-19-20-24(28)30-25(29)22-21-23(26)27/h3-4,6-7,9-10,12-13,15-16,18-19H,2,5,8,11,14,17,20-22H2,1H3,(H,26,27)/b4-3-,7-6-,10-9-,13-12-,16-15-,19-18-. The lowest BCUT2D eigenvalue weighted by molar-refractivity contribution is -0.160. The summed E-state index contributed by atoms with van der Waals surface area (Å²) in [4.78, 5) is 32.9. The van der Waals surface area contributed by atoms with E-state index in [1.807, 2.05) is 18.2 Å². The number of hydrogen-bond acceptors (Lipinski definition) is 4. The molecule has 0 aromatic rings. The predicted octanol–water partition coefficient (Wildman–Crippen LogP) is 6.01. The summed E-state index contributed by atoms with van der Waals surface area (Å²) in [5.74, 6) is -2.59. The topological polar surface area (TPSA) is 80.7 Å². The molecule has 0 aliphatic carbocycles. The van der Waals surface area contributed by atoms with E-state index in [1.165, 1.54) is 0 Å². The van der Waals surface area contributed by atoms with Gasteiger partial charge in [-0.15, -0.1) is 0 Å². The van der Waals surface area contributed by atoms with E-state index in [-0.39, 0.29) is 19.3 Å². The smallest absolute Gasteiger partial charge is 0.317 e. The van der Waals surface area contributed by atoms with E-state index in [0.717, 1.165) is 32.1 Å². The number of ether oxygens (including phenoxy) is 1. The van der Waals surface area contributed by atoms with Gasteiger partial charge in [-0.1, -0.05) is 79.8 Å². The van der Waals surface area contributed by atoms with Crippen molar-refractivity contribution in [1.29, 1.82) is 0 Å². The van der Waals surface area contributed by atoms with Gasteiger partial charge < -0.3 is 9.84 Å². The lowest BCUT2D eigenvalue weighted by atomic mass is 10.2. The first kappa shape index (κ1) is 27.0. The zero-order valence-corrected chi connectivity index (χ0v) is 17.9. The summed E-state index contributed by atoms with van der Waals surface area (Å²) in [5, 5.41) is 8.45. The molecule has 0 aromatic carbocycles. The van der Waals surface area contributed by atoms with Crippen molar-refractivity contribution in [2.45, 2.75) is 64.7 Å². The number of esters is 2. The van der Waals surface area contributed by atoms with E-state index in [2.05, 4.69) is 60.3 Å². The first-order valence-corrected chi connectivity index (χ1v) is 10.4. The third-order valence-corrected chi connectivity index (χ3v) is 3.65. The Bertz CT molecular complexity index is 663. The normalized spacial score (nSPS) is 12.4. The van der Waals surface area contributed by atoms with Crippen molar-refractivity contribution in [3.05, 3.63) is 72.9 Å². The van der Waals surface area contributed by atoms with Crippen LogP contribution in [0.1, 0.15) is 64.7 Å². The average Bonchev–Trinajstić information content (AvgIpc) is 2.71. The van der Waals surface area contributed by atoms with Crippen molar-refractivity contribution < 1.29 is 24.2 Å². The molecule has 0 aliphatic rings. The third-order valence-electron chi connectivity index (χ3n) is 3.65. The fourth-order valence-corrected chi connectivity index (χ4v) is 2.13. The summed E-state index contributed by atoms with van der Waals surface area (Å²) in [6.07, 6.45) is 29.6. The Kier molecular flexibility index (Phi) is 18.7. The molecule has 0 aromatic heterocycles. The molecule has 164 valence electrons. The van der Waals surface area contributed by atoms with E-state index in [1.54, 1.807) is 6.08 Å². The highest BCUT2D eigenvalue weighted by molar-refractivity contribution is 5.87. The molecule has 0 spiro atoms. The van der Waals surface area contributed by atoms with Gasteiger partial charge in [-0.05, 0) is 38.5 Å². The third kappa shape index (κ3) is 21.4. The summed E-state index contributed by atoms with van der Waals surface area (Å²) in [5.41, 5.74) is 0. The molecular weight excluding hydrogens is 380 g/mol. The van der Waals surface area contributed by atoms with Gasteiger partial charge in [0.1, 0.15) is 0 Å². The molecule has 0 saturated heterocycles. The number of aliphatic carboxylic acids is 1. The molecule has 0 heterocycles. The number of allylic oxidation sites excluding steroid dienone is 11. The van der Waals surface area contributed by atoms with Crippen molar-refractivity contribution in [3.63, 3.8) is 0 Å². The van der Waals surface area contributed by atoms with Gasteiger partial charge >= 0.3 is 17.9 Å². The SMILES string of the molecule is CC/C=C\C/C=C\C/C=C\C/C=C\C/C=C\C/C=C\CC(=O)OC(=O)CCC(=O)O. The van der Waals surface area contributed by atoms with Crippen LogP contribution in [0.3, 0.4) is 0 Å². The van der Waals surface area contributed by atoms with Gasteiger partial charge in [0.05, 0.1) is 19.3 Å². The van der Waals surface area contributed by atoms with Gasteiger partial charge in [-0.2, -0.15) is 0 Å². The molecule has 0 bridgehead atoms. The molecule has 5 nitrogen and oxygen atoms in total. The molecule has 1 N–H and O–H groups in total. The van der Waals surface area contributed by atoms with Gasteiger partial charge in [-0.3, -0.25) is 14.4 Å². The lowest BCUT2D eigenvalue weighted by Crippen LogP contribution is -2.12. The Balaban J connectivity index is 3.70. The fourth-order valence-electron chi connectivity index (χ4n) is 2.13. The predicted molar refractivity (Wildman–Crippen MR) is 121 cm³/mol. The van der Waals surface area contributed by atoms with E-state index in [9.17, 15) is 14.4 Å². The van der Waals surface area contributed by atoms with E-state index >= 15 is 0 Å². The zero-order valence-electron chi connectivity index (χ0n) is 17.9. The molecular formula is C25H34O5. The number of carbonyl (C=O) groups excluding carboxylic acids is 2. The van der Waals surface area contributed by atoms with Crippen LogP contribution in [0.5, 0.6) is 0 Å². The van der Waals surface area contributed by atoms with Gasteiger partial charge in [0.2, 0.25) is 0 Å². The van der Waals surface area contributed by atoms with E-state index < -0.39 is 17.9 Å². The van der Waals surface area contributed by atoms with E-state index in [4.69, 9.17) is 5.11 Å². The van der Waals surface area contributed by atoms with Crippen LogP contribution in [0.25, 0.3) is 0 Å². The average molecular weight is 415 g/mol. The van der Waals surface area contributed by atoms with Crippen LogP contribution in [0.2, 0.25) is 0 Å². The van der Waals surface area contributed by atoms with Gasteiger partial charge in [0, 0.05) is 0 Å². The van der Waals surface area contributed by atoms with Gasteiger partial charge in [-0.25, -0.2) is 0 Å². The summed E-state index contributed by atoms with van der Waals surface area (Å²) >= 11 is 0. The molecule has 0 unspecified atom stereocenters. The van der Waals surface area contributed by atoms with Crippen molar-refractivity contribution in [2.75, 3.05) is 0 Å². The van der Waals surface area contributed by atoms with Gasteiger partial charge in [0.15, 0.2) is 0 Å². The Hall–Kier alpha value is -2.95. The van der Waals surface area contributed by atoms with Crippen LogP contribution in [-0.4, -0.2) is 23.0 Å². The Labute approximate surface area is 180 Å². The van der Waals surface area contributed by atoms with Crippen molar-refractivity contribution in [3.8, 4) is 0 Å². The second kappa shape index (κ2) is 20.8. The van der Waals surface area contributed by atoms with Crippen LogP contribution in [0, 0.1) is 0 Å². The maximum Gasteiger partial charge on any atom is 0.317 e. The highest BCUT2D eigenvalue weighted by Crippen LogP contribution is 1.99. The lowest BCUT2D eigenvalue weighted by Gasteiger charge is -1.99. The number of carboxylic acid groups (broad SMARTS) is 1. The first-order chi connectivity index (χ1) is 14.6. The maximum absolute atomic E-state index is 11.4. The molecule has 0 aliphatic heterocycles. The van der Waals surface area contributed by atoms with Crippen LogP contribution >= 0.6 is 0 Å². The summed E-state index contributed by atoms with van der Waals surface area (Å²) in [7, 11) is 0. The van der Waals surface area contributed by atoms with Crippen LogP contribution < -0.4 is 0 Å². The van der Waals surface area contributed by atoms with Crippen LogP contribution in [-0.2, 0) is 19.1 Å². The van der Waals surface area contributed by atoms with Crippen LogP contribution in [0.4, 0.5) is 0 Å². The highest BCUT2D eigenvalue weighted by Gasteiger charge is 2.10. The zero-order chi connectivity index (χ0) is 22.3.